The Labute approximate surface area is 148 Å². The van der Waals surface area contributed by atoms with Gasteiger partial charge in [-0.05, 0) is 18.2 Å². The van der Waals surface area contributed by atoms with Crippen molar-refractivity contribution in [2.45, 2.75) is 11.3 Å². The third kappa shape index (κ3) is 5.02. The van der Waals surface area contributed by atoms with Crippen molar-refractivity contribution in [2.75, 3.05) is 16.4 Å². The number of hydrogen-bond donors (Lipinski definition) is 2. The molecule has 2 amide bonds. The SMILES string of the molecule is C#CCSc1nsc(NC(=O)Nc2ccc(Cl)c(C(F)(F)F)c2)n1. The molecule has 11 heteroatoms. The lowest BCUT2D eigenvalue weighted by atomic mass is 10.2. The number of aromatic nitrogens is 2. The number of benzene rings is 1. The van der Waals surface area contributed by atoms with E-state index < -0.39 is 22.8 Å². The molecule has 0 saturated carbocycles. The molecule has 0 aliphatic carbocycles. The van der Waals surface area contributed by atoms with E-state index in [1.807, 2.05) is 0 Å². The molecule has 0 fully saturated rings. The van der Waals surface area contributed by atoms with Crippen LogP contribution >= 0.6 is 34.9 Å². The highest BCUT2D eigenvalue weighted by Gasteiger charge is 2.33. The number of nitrogens with zero attached hydrogens (tertiary/aromatic N) is 2. The Kier molecular flexibility index (Phi) is 5.93. The minimum absolute atomic E-state index is 0.0596. The Bertz CT molecular complexity index is 788. The van der Waals surface area contributed by atoms with Crippen molar-refractivity contribution in [2.24, 2.45) is 0 Å². The fourth-order valence-electron chi connectivity index (χ4n) is 1.51. The van der Waals surface area contributed by atoms with Crippen molar-refractivity contribution in [3.05, 3.63) is 28.8 Å². The van der Waals surface area contributed by atoms with Crippen LogP contribution in [0.3, 0.4) is 0 Å². The number of urea groups is 1. The number of amides is 2. The first-order valence-corrected chi connectivity index (χ1v) is 8.28. The summed E-state index contributed by atoms with van der Waals surface area (Å²) in [5.74, 6) is 2.79. The minimum atomic E-state index is -4.62. The monoisotopic (exact) mass is 392 g/mol. The summed E-state index contributed by atoms with van der Waals surface area (Å²) < 4.78 is 42.3. The molecule has 2 aromatic rings. The molecule has 2 N–H and O–H groups in total. The van der Waals surface area contributed by atoms with Crippen molar-refractivity contribution < 1.29 is 18.0 Å². The van der Waals surface area contributed by atoms with Crippen molar-refractivity contribution >= 4 is 51.7 Å². The van der Waals surface area contributed by atoms with Crippen LogP contribution in [0.15, 0.2) is 23.4 Å². The molecule has 0 bridgehead atoms. The van der Waals surface area contributed by atoms with Crippen LogP contribution in [0.2, 0.25) is 5.02 Å². The summed E-state index contributed by atoms with van der Waals surface area (Å²) in [7, 11) is 0. The second-order valence-corrected chi connectivity index (χ2v) is 6.25. The lowest BCUT2D eigenvalue weighted by molar-refractivity contribution is -0.137. The van der Waals surface area contributed by atoms with E-state index in [0.717, 1.165) is 23.7 Å². The predicted octanol–water partition coefficient (Wildman–Crippen LogP) is 4.58. The van der Waals surface area contributed by atoms with Crippen LogP contribution in [-0.4, -0.2) is 21.1 Å². The predicted molar refractivity (Wildman–Crippen MR) is 88.6 cm³/mol. The Morgan fingerprint density at radius 3 is 2.83 bits per heavy atom. The third-order valence-corrected chi connectivity index (χ3v) is 4.27. The van der Waals surface area contributed by atoms with E-state index >= 15 is 0 Å². The van der Waals surface area contributed by atoms with Gasteiger partial charge in [0.15, 0.2) is 0 Å². The van der Waals surface area contributed by atoms with E-state index in [2.05, 4.69) is 25.9 Å². The van der Waals surface area contributed by atoms with E-state index in [1.165, 1.54) is 17.8 Å². The van der Waals surface area contributed by atoms with Gasteiger partial charge in [0.1, 0.15) is 0 Å². The van der Waals surface area contributed by atoms with Gasteiger partial charge in [0.25, 0.3) is 0 Å². The van der Waals surface area contributed by atoms with Crippen molar-refractivity contribution in [3.63, 3.8) is 0 Å². The van der Waals surface area contributed by atoms with Gasteiger partial charge >= 0.3 is 12.2 Å². The first-order chi connectivity index (χ1) is 11.3. The van der Waals surface area contributed by atoms with Crippen LogP contribution in [0.4, 0.5) is 28.8 Å². The molecule has 0 saturated heterocycles. The van der Waals surface area contributed by atoms with Gasteiger partial charge in [-0.25, -0.2) is 4.79 Å². The average Bonchev–Trinajstić information content (AvgIpc) is 2.93. The van der Waals surface area contributed by atoms with Crippen molar-refractivity contribution in [3.8, 4) is 12.3 Å². The van der Waals surface area contributed by atoms with Gasteiger partial charge in [0, 0.05) is 17.2 Å². The van der Waals surface area contributed by atoms with E-state index in [0.29, 0.717) is 10.9 Å². The van der Waals surface area contributed by atoms with Crippen LogP contribution in [0.5, 0.6) is 0 Å². The maximum absolute atomic E-state index is 12.8. The molecule has 1 aromatic carbocycles. The number of carbonyl (C=O) groups excluding carboxylic acids is 1. The zero-order valence-corrected chi connectivity index (χ0v) is 14.0. The highest BCUT2D eigenvalue weighted by atomic mass is 35.5. The standard InChI is InChI=1S/C13H8ClF3N4OS2/c1-2-5-23-12-20-11(24-21-12)19-10(22)18-7-3-4-9(14)8(6-7)13(15,16)17/h1,3-4,6H,5H2,(H2,18,19,20,21,22). The third-order valence-electron chi connectivity index (χ3n) is 2.44. The molecular weight excluding hydrogens is 385 g/mol. The molecule has 0 spiro atoms. The lowest BCUT2D eigenvalue weighted by Crippen LogP contribution is -2.19. The molecule has 24 heavy (non-hydrogen) atoms. The molecule has 2 rings (SSSR count). The Balaban J connectivity index is 2.02. The number of terminal acetylenes is 1. The second-order valence-electron chi connectivity index (χ2n) is 4.15. The maximum Gasteiger partial charge on any atom is 0.417 e. The molecular formula is C13H8ClF3N4OS2. The number of carbonyl (C=O) groups is 1. The summed E-state index contributed by atoms with van der Waals surface area (Å²) in [6.07, 6.45) is 0.494. The van der Waals surface area contributed by atoms with Crippen LogP contribution in [0.25, 0.3) is 0 Å². The quantitative estimate of drug-likeness (QED) is 0.590. The number of rotatable bonds is 4. The summed E-state index contributed by atoms with van der Waals surface area (Å²) >= 11 is 7.65. The Morgan fingerprint density at radius 1 is 1.42 bits per heavy atom. The minimum Gasteiger partial charge on any atom is -0.308 e. The number of hydrogen-bond acceptors (Lipinski definition) is 5. The summed E-state index contributed by atoms with van der Waals surface area (Å²) in [5.41, 5.74) is -1.10. The molecule has 0 atom stereocenters. The molecule has 0 aliphatic rings. The van der Waals surface area contributed by atoms with E-state index in [1.54, 1.807) is 0 Å². The lowest BCUT2D eigenvalue weighted by Gasteiger charge is -2.11. The molecule has 1 aromatic heterocycles. The largest absolute Gasteiger partial charge is 0.417 e. The molecule has 1 heterocycles. The highest BCUT2D eigenvalue weighted by molar-refractivity contribution is 7.99. The van der Waals surface area contributed by atoms with Crippen LogP contribution in [-0.2, 0) is 6.18 Å². The van der Waals surface area contributed by atoms with Gasteiger partial charge in [-0.3, -0.25) is 5.32 Å². The maximum atomic E-state index is 12.8. The first-order valence-electron chi connectivity index (χ1n) is 6.14. The number of halogens is 4. The molecule has 126 valence electrons. The van der Waals surface area contributed by atoms with E-state index in [4.69, 9.17) is 18.0 Å². The number of alkyl halides is 3. The van der Waals surface area contributed by atoms with Gasteiger partial charge in [-0.1, -0.05) is 29.3 Å². The summed E-state index contributed by atoms with van der Waals surface area (Å²) in [6, 6.07) is 2.30. The van der Waals surface area contributed by atoms with E-state index in [9.17, 15) is 18.0 Å². The van der Waals surface area contributed by atoms with Gasteiger partial charge in [0.05, 0.1) is 16.3 Å². The Hall–Kier alpha value is -1.96. The van der Waals surface area contributed by atoms with Crippen LogP contribution in [0.1, 0.15) is 5.56 Å². The molecule has 0 unspecified atom stereocenters. The van der Waals surface area contributed by atoms with E-state index in [-0.39, 0.29) is 10.8 Å². The molecule has 0 aliphatic heterocycles. The summed E-state index contributed by atoms with van der Waals surface area (Å²) in [5, 5.41) is 4.79. The number of thioether (sulfide) groups is 1. The average molecular weight is 393 g/mol. The van der Waals surface area contributed by atoms with Crippen LogP contribution < -0.4 is 10.6 Å². The van der Waals surface area contributed by atoms with Crippen LogP contribution in [0, 0.1) is 12.3 Å². The smallest absolute Gasteiger partial charge is 0.308 e. The zero-order valence-electron chi connectivity index (χ0n) is 11.6. The van der Waals surface area contributed by atoms with Crippen molar-refractivity contribution in [1.82, 2.24) is 9.36 Å². The van der Waals surface area contributed by atoms with Gasteiger partial charge in [0.2, 0.25) is 10.3 Å². The van der Waals surface area contributed by atoms with Crippen molar-refractivity contribution in [1.29, 1.82) is 0 Å². The van der Waals surface area contributed by atoms with Gasteiger partial charge in [-0.15, -0.1) is 6.42 Å². The number of anilines is 2. The zero-order chi connectivity index (χ0) is 17.7. The van der Waals surface area contributed by atoms with Gasteiger partial charge < -0.3 is 5.32 Å². The van der Waals surface area contributed by atoms with Gasteiger partial charge in [-0.2, -0.15) is 22.5 Å². The fourth-order valence-corrected chi connectivity index (χ4v) is 2.95. The number of nitrogens with one attached hydrogen (secondary N) is 2. The molecule has 0 radical (unpaired) electrons. The normalized spacial score (nSPS) is 11.0. The topological polar surface area (TPSA) is 66.9 Å². The second kappa shape index (κ2) is 7.74. The summed E-state index contributed by atoms with van der Waals surface area (Å²) in [6.45, 7) is 0. The highest BCUT2D eigenvalue weighted by Crippen LogP contribution is 2.36. The summed E-state index contributed by atoms with van der Waals surface area (Å²) in [4.78, 5) is 15.8. The first kappa shape index (κ1) is 18.4. The molecule has 5 nitrogen and oxygen atoms in total. The Morgan fingerprint density at radius 2 is 2.17 bits per heavy atom. The fraction of sp³-hybridized carbons (Fsp3) is 0.154.